The van der Waals surface area contributed by atoms with Gasteiger partial charge in [0.1, 0.15) is 0 Å². The van der Waals surface area contributed by atoms with Crippen LogP contribution in [-0.2, 0) is 6.54 Å². The molecule has 3 N–H and O–H groups in total. The van der Waals surface area contributed by atoms with Crippen LogP contribution < -0.4 is 10.6 Å². The van der Waals surface area contributed by atoms with Gasteiger partial charge in [0.05, 0.1) is 12.2 Å². The lowest BCUT2D eigenvalue weighted by Crippen LogP contribution is -2.47. The van der Waals surface area contributed by atoms with Gasteiger partial charge in [-0.3, -0.25) is 0 Å². The molecule has 2 aromatic carbocycles. The summed E-state index contributed by atoms with van der Waals surface area (Å²) in [6.45, 7) is 4.68. The molecule has 1 aliphatic heterocycles. The molecule has 0 bridgehead atoms. The Hall–Kier alpha value is -3.35. The van der Waals surface area contributed by atoms with Crippen LogP contribution in [-0.4, -0.2) is 53.1 Å². The average molecular weight is 412 g/mol. The number of anilines is 1. The Kier molecular flexibility index (Phi) is 5.32. The second kappa shape index (κ2) is 8.41. The predicted molar refractivity (Wildman–Crippen MR) is 125 cm³/mol. The van der Waals surface area contributed by atoms with Crippen LogP contribution in [0.15, 0.2) is 66.9 Å². The van der Waals surface area contributed by atoms with Crippen LogP contribution >= 0.6 is 0 Å². The molecule has 2 aromatic heterocycles. The first-order valence-electron chi connectivity index (χ1n) is 10.8. The first-order chi connectivity index (χ1) is 15.2. The summed E-state index contributed by atoms with van der Waals surface area (Å²) in [6.07, 6.45) is 1.91. The van der Waals surface area contributed by atoms with E-state index in [1.807, 2.05) is 12.3 Å². The monoisotopic (exact) mass is 411 g/mol. The van der Waals surface area contributed by atoms with Crippen LogP contribution in [0, 0.1) is 0 Å². The van der Waals surface area contributed by atoms with Gasteiger partial charge in [0.15, 0.2) is 5.65 Å². The number of fused-ring (bicyclic) bond motifs is 1. The largest absolute Gasteiger partial charge is 0.354 e. The molecule has 0 unspecified atom stereocenters. The smallest absolute Gasteiger partial charge is 0.227 e. The molecule has 5 rings (SSSR count). The molecular weight excluding hydrogens is 384 g/mol. The van der Waals surface area contributed by atoms with Crippen molar-refractivity contribution < 1.29 is 5.73 Å². The number of quaternary nitrogens is 1. The van der Waals surface area contributed by atoms with E-state index in [0.29, 0.717) is 0 Å². The van der Waals surface area contributed by atoms with Gasteiger partial charge in [0.2, 0.25) is 5.95 Å². The minimum atomic E-state index is 0.736. The molecule has 0 spiro atoms. The fourth-order valence-corrected chi connectivity index (χ4v) is 4.00. The molecule has 1 aliphatic rings. The summed E-state index contributed by atoms with van der Waals surface area (Å²) in [5.41, 5.74) is 10.2. The van der Waals surface area contributed by atoms with Crippen molar-refractivity contribution in [2.45, 2.75) is 6.54 Å². The third-order valence-corrected chi connectivity index (χ3v) is 5.94. The number of nitrogens with zero attached hydrogens (tertiary/aromatic N) is 5. The van der Waals surface area contributed by atoms with E-state index in [1.165, 1.54) is 5.56 Å². The lowest BCUT2D eigenvalue weighted by molar-refractivity contribution is -0.386. The number of likely N-dealkylation sites (N-methyl/N-ethyl adjacent to an activating group) is 1. The molecule has 3 heterocycles. The molecule has 1 fully saturated rings. The Morgan fingerprint density at radius 3 is 2.32 bits per heavy atom. The molecule has 0 saturated carbocycles. The summed E-state index contributed by atoms with van der Waals surface area (Å²) in [6, 6.07) is 21.1. The molecule has 156 valence electrons. The summed E-state index contributed by atoms with van der Waals surface area (Å²) >= 11 is 0. The first-order valence-corrected chi connectivity index (χ1v) is 10.8. The lowest BCUT2D eigenvalue weighted by Gasteiger charge is -2.32. The van der Waals surface area contributed by atoms with Crippen molar-refractivity contribution in [2.75, 3.05) is 38.1 Å². The van der Waals surface area contributed by atoms with Crippen molar-refractivity contribution >= 4 is 17.0 Å². The van der Waals surface area contributed by atoms with E-state index in [4.69, 9.17) is 9.97 Å². The summed E-state index contributed by atoms with van der Waals surface area (Å²) in [5.74, 6) is 0.763. The third kappa shape index (κ3) is 4.00. The SMILES string of the molecule is CN1CCN(c2ncc3cc(-c4ccccc4)c(-c4ccc(C[NH3+])cc4)nc3n2)CC1. The van der Waals surface area contributed by atoms with Gasteiger partial charge < -0.3 is 15.5 Å². The van der Waals surface area contributed by atoms with Crippen LogP contribution in [0.25, 0.3) is 33.4 Å². The van der Waals surface area contributed by atoms with E-state index in [0.717, 1.165) is 72.1 Å². The third-order valence-electron chi connectivity index (χ3n) is 5.94. The molecule has 6 heteroatoms. The van der Waals surface area contributed by atoms with E-state index in [9.17, 15) is 0 Å². The standard InChI is InChI=1S/C25H26N6/c1-30-11-13-31(14-12-30)25-27-17-21-15-22(19-5-3-2-4-6-19)23(28-24(21)29-25)20-9-7-18(16-26)8-10-20/h2-10,15,17H,11-14,16,26H2,1H3/p+1. The second-order valence-electron chi connectivity index (χ2n) is 8.07. The van der Waals surface area contributed by atoms with E-state index in [2.05, 4.69) is 82.2 Å². The van der Waals surface area contributed by atoms with Gasteiger partial charge in [0.25, 0.3) is 0 Å². The normalized spacial score (nSPS) is 14.8. The minimum absolute atomic E-state index is 0.736. The van der Waals surface area contributed by atoms with Gasteiger partial charge in [-0.15, -0.1) is 0 Å². The zero-order valence-electron chi connectivity index (χ0n) is 17.8. The Morgan fingerprint density at radius 1 is 0.871 bits per heavy atom. The molecule has 0 aliphatic carbocycles. The van der Waals surface area contributed by atoms with Gasteiger partial charge in [-0.2, -0.15) is 4.98 Å². The van der Waals surface area contributed by atoms with E-state index in [1.54, 1.807) is 0 Å². The van der Waals surface area contributed by atoms with E-state index < -0.39 is 0 Å². The van der Waals surface area contributed by atoms with Gasteiger partial charge >= 0.3 is 0 Å². The lowest BCUT2D eigenvalue weighted by atomic mass is 9.98. The number of aromatic nitrogens is 3. The Morgan fingerprint density at radius 2 is 1.61 bits per heavy atom. The van der Waals surface area contributed by atoms with E-state index in [-0.39, 0.29) is 0 Å². The number of piperazine rings is 1. The molecule has 31 heavy (non-hydrogen) atoms. The zero-order valence-corrected chi connectivity index (χ0v) is 17.8. The number of pyridine rings is 1. The molecule has 0 radical (unpaired) electrons. The van der Waals surface area contributed by atoms with Crippen molar-refractivity contribution in [3.05, 3.63) is 72.4 Å². The first kappa shape index (κ1) is 19.6. The van der Waals surface area contributed by atoms with Crippen LogP contribution in [0.1, 0.15) is 5.56 Å². The molecule has 0 amide bonds. The Labute approximate surface area is 182 Å². The predicted octanol–water partition coefficient (Wildman–Crippen LogP) is 2.85. The van der Waals surface area contributed by atoms with E-state index >= 15 is 0 Å². The fourth-order valence-electron chi connectivity index (χ4n) is 4.00. The number of benzene rings is 2. The summed E-state index contributed by atoms with van der Waals surface area (Å²) in [5, 5.41) is 0.954. The maximum Gasteiger partial charge on any atom is 0.227 e. The number of hydrogen-bond acceptors (Lipinski definition) is 5. The number of hydrogen-bond donors (Lipinski definition) is 1. The highest BCUT2D eigenvalue weighted by atomic mass is 15.3. The van der Waals surface area contributed by atoms with Gasteiger partial charge in [0, 0.05) is 54.5 Å². The summed E-state index contributed by atoms with van der Waals surface area (Å²) in [7, 11) is 2.15. The summed E-state index contributed by atoms with van der Waals surface area (Å²) < 4.78 is 0. The van der Waals surface area contributed by atoms with Crippen LogP contribution in [0.2, 0.25) is 0 Å². The molecule has 6 nitrogen and oxygen atoms in total. The minimum Gasteiger partial charge on any atom is -0.354 e. The zero-order chi connectivity index (χ0) is 21.2. The highest BCUT2D eigenvalue weighted by Crippen LogP contribution is 2.33. The fraction of sp³-hybridized carbons (Fsp3) is 0.240. The Bertz CT molecular complexity index is 1180. The Balaban J connectivity index is 1.63. The molecule has 1 saturated heterocycles. The molecule has 4 aromatic rings. The molecule has 0 atom stereocenters. The summed E-state index contributed by atoms with van der Waals surface area (Å²) in [4.78, 5) is 19.1. The topological polar surface area (TPSA) is 72.8 Å². The second-order valence-corrected chi connectivity index (χ2v) is 8.07. The van der Waals surface area contributed by atoms with Crippen molar-refractivity contribution in [2.24, 2.45) is 0 Å². The average Bonchev–Trinajstić information content (AvgIpc) is 2.84. The number of rotatable bonds is 4. The highest BCUT2D eigenvalue weighted by Gasteiger charge is 2.18. The van der Waals surface area contributed by atoms with Crippen molar-refractivity contribution in [3.63, 3.8) is 0 Å². The van der Waals surface area contributed by atoms with Crippen molar-refractivity contribution in [1.29, 1.82) is 0 Å². The van der Waals surface area contributed by atoms with Crippen LogP contribution in [0.5, 0.6) is 0 Å². The maximum atomic E-state index is 5.04. The van der Waals surface area contributed by atoms with Gasteiger partial charge in [-0.05, 0) is 18.7 Å². The molecular formula is C25H27N6+. The quantitative estimate of drug-likeness (QED) is 0.559. The maximum absolute atomic E-state index is 5.04. The van der Waals surface area contributed by atoms with Crippen LogP contribution in [0.4, 0.5) is 5.95 Å². The van der Waals surface area contributed by atoms with Crippen molar-refractivity contribution in [3.8, 4) is 22.4 Å². The van der Waals surface area contributed by atoms with Crippen LogP contribution in [0.3, 0.4) is 0 Å². The van der Waals surface area contributed by atoms with Crippen molar-refractivity contribution in [1.82, 2.24) is 19.9 Å². The van der Waals surface area contributed by atoms with Gasteiger partial charge in [-0.1, -0.05) is 54.6 Å². The highest BCUT2D eigenvalue weighted by molar-refractivity contribution is 5.90. The van der Waals surface area contributed by atoms with Gasteiger partial charge in [-0.25, -0.2) is 9.97 Å².